The maximum Gasteiger partial charge on any atom is 0.326 e. The molecule has 0 aliphatic carbocycles. The quantitative estimate of drug-likeness (QED) is 0.0565. The largest absolute Gasteiger partial charge is 0.481 e. The standard InChI is InChI=1S/C38H50N8O12/c1-22(47)33(45-29(48)19-39)36(55)43-25(14-15-32(51)52)34(53)41-20-30(49)40-21-31(50)42-26(17-23-9-4-2-5-10-23)37(56)46-16-8-13-28(46)35(54)44-27(38(57)58)18-24-11-6-3-7-12-24/h2-7,9-12,22,25-28,33,47H,8,13-21,39H2,1H3,(H,40,49)(H,41,53)(H,42,50)(H,43,55)(H,44,54)(H,45,48)(H,51,52)(H,57,58)/t22-,25+,26+,27+,28+,33+/m1/s1. The highest BCUT2D eigenvalue weighted by Crippen LogP contribution is 2.20. The van der Waals surface area contributed by atoms with Crippen molar-refractivity contribution in [2.24, 2.45) is 5.73 Å². The molecule has 2 aromatic carbocycles. The monoisotopic (exact) mass is 810 g/mol. The van der Waals surface area contributed by atoms with Crippen LogP contribution in [0.25, 0.3) is 0 Å². The molecule has 1 saturated heterocycles. The Balaban J connectivity index is 1.63. The minimum atomic E-state index is -1.53. The van der Waals surface area contributed by atoms with Crippen LogP contribution in [-0.2, 0) is 56.0 Å². The van der Waals surface area contributed by atoms with Crippen molar-refractivity contribution in [1.82, 2.24) is 36.8 Å². The molecule has 2 aromatic rings. The topological polar surface area (TPSA) is 316 Å². The van der Waals surface area contributed by atoms with Gasteiger partial charge in [-0.15, -0.1) is 0 Å². The second kappa shape index (κ2) is 23.0. The van der Waals surface area contributed by atoms with E-state index in [1.54, 1.807) is 60.7 Å². The van der Waals surface area contributed by atoms with E-state index < -0.39 is 122 Å². The van der Waals surface area contributed by atoms with Gasteiger partial charge in [0.1, 0.15) is 30.2 Å². The Kier molecular flexibility index (Phi) is 18.2. The minimum absolute atomic E-state index is 0.0152. The molecule has 0 saturated carbocycles. The molecule has 0 bridgehead atoms. The molecule has 0 unspecified atom stereocenters. The predicted octanol–water partition coefficient (Wildman–Crippen LogP) is -3.08. The molecule has 1 aliphatic rings. The van der Waals surface area contributed by atoms with E-state index >= 15 is 0 Å². The highest BCUT2D eigenvalue weighted by molar-refractivity contribution is 5.96. The Morgan fingerprint density at radius 1 is 0.724 bits per heavy atom. The third-order valence-electron chi connectivity index (χ3n) is 9.07. The fourth-order valence-electron chi connectivity index (χ4n) is 6.08. The van der Waals surface area contributed by atoms with Gasteiger partial charge >= 0.3 is 11.9 Å². The third kappa shape index (κ3) is 14.9. The summed E-state index contributed by atoms with van der Waals surface area (Å²) >= 11 is 0. The summed E-state index contributed by atoms with van der Waals surface area (Å²) in [5.41, 5.74) is 6.61. The number of carbonyl (C=O) groups excluding carboxylic acids is 7. The number of nitrogens with zero attached hydrogens (tertiary/aromatic N) is 1. The zero-order valence-electron chi connectivity index (χ0n) is 31.8. The first-order chi connectivity index (χ1) is 27.6. The lowest BCUT2D eigenvalue weighted by atomic mass is 10.0. The summed E-state index contributed by atoms with van der Waals surface area (Å²) in [7, 11) is 0. The fourth-order valence-corrected chi connectivity index (χ4v) is 6.08. The Morgan fingerprint density at radius 3 is 1.86 bits per heavy atom. The molecule has 1 fully saturated rings. The SMILES string of the molecule is C[C@@H](O)[C@H](NC(=O)CN)C(=O)N[C@@H](CCC(=O)O)C(=O)NCC(=O)NCC(=O)N[C@@H](Cc1ccccc1)C(=O)N1CCC[C@H]1C(=O)N[C@@H](Cc1ccccc1)C(=O)O. The van der Waals surface area contributed by atoms with E-state index in [1.807, 2.05) is 0 Å². The molecule has 11 N–H and O–H groups in total. The average molecular weight is 811 g/mol. The van der Waals surface area contributed by atoms with Gasteiger partial charge < -0.3 is 57.9 Å². The molecular formula is C38H50N8O12. The number of rotatable bonds is 22. The molecule has 0 aromatic heterocycles. The first-order valence-electron chi connectivity index (χ1n) is 18.5. The van der Waals surface area contributed by atoms with Crippen molar-refractivity contribution in [3.05, 3.63) is 71.8 Å². The van der Waals surface area contributed by atoms with E-state index in [0.717, 1.165) is 0 Å². The summed E-state index contributed by atoms with van der Waals surface area (Å²) in [6.45, 7) is -0.495. The number of carbonyl (C=O) groups is 9. The number of carboxylic acids is 2. The molecule has 3 rings (SSSR count). The highest BCUT2D eigenvalue weighted by atomic mass is 16.4. The van der Waals surface area contributed by atoms with Crippen LogP contribution in [-0.4, -0.2) is 136 Å². The summed E-state index contributed by atoms with van der Waals surface area (Å²) in [6, 6.07) is 11.0. The van der Waals surface area contributed by atoms with Gasteiger partial charge in [0.2, 0.25) is 41.4 Å². The normalized spacial score (nSPS) is 16.0. The number of amides is 7. The minimum Gasteiger partial charge on any atom is -0.481 e. The van der Waals surface area contributed by atoms with Gasteiger partial charge in [0, 0.05) is 25.8 Å². The lowest BCUT2D eigenvalue weighted by Gasteiger charge is -2.29. The summed E-state index contributed by atoms with van der Waals surface area (Å²) in [4.78, 5) is 115. The highest BCUT2D eigenvalue weighted by Gasteiger charge is 2.39. The maximum absolute atomic E-state index is 14.0. The van der Waals surface area contributed by atoms with Crippen LogP contribution in [0, 0.1) is 0 Å². The number of nitrogens with two attached hydrogens (primary N) is 1. The van der Waals surface area contributed by atoms with Crippen LogP contribution in [0.1, 0.15) is 43.7 Å². The molecule has 1 aliphatic heterocycles. The Bertz CT molecular complexity index is 1780. The number of likely N-dealkylation sites (tertiary alicyclic amines) is 1. The van der Waals surface area contributed by atoms with Crippen molar-refractivity contribution in [2.75, 3.05) is 26.2 Å². The molecule has 20 heteroatoms. The van der Waals surface area contributed by atoms with Crippen molar-refractivity contribution in [3.63, 3.8) is 0 Å². The van der Waals surface area contributed by atoms with Gasteiger partial charge in [-0.2, -0.15) is 0 Å². The molecule has 58 heavy (non-hydrogen) atoms. The van der Waals surface area contributed by atoms with Crippen LogP contribution >= 0.6 is 0 Å². The number of hydrogen-bond donors (Lipinski definition) is 10. The summed E-state index contributed by atoms with van der Waals surface area (Å²) in [6.07, 6.45) is -1.66. The van der Waals surface area contributed by atoms with Crippen LogP contribution in [0.5, 0.6) is 0 Å². The second-order valence-electron chi connectivity index (χ2n) is 13.6. The van der Waals surface area contributed by atoms with Crippen molar-refractivity contribution in [2.45, 2.75) is 81.8 Å². The Labute approximate surface area is 333 Å². The Morgan fingerprint density at radius 2 is 1.31 bits per heavy atom. The van der Waals surface area contributed by atoms with E-state index in [4.69, 9.17) is 10.8 Å². The van der Waals surface area contributed by atoms with Gasteiger partial charge in [-0.25, -0.2) is 4.79 Å². The van der Waals surface area contributed by atoms with Gasteiger partial charge in [0.15, 0.2) is 0 Å². The van der Waals surface area contributed by atoms with Crippen LogP contribution in [0.15, 0.2) is 60.7 Å². The van der Waals surface area contributed by atoms with Gasteiger partial charge in [-0.05, 0) is 37.3 Å². The van der Waals surface area contributed by atoms with Gasteiger partial charge in [0.25, 0.3) is 0 Å². The lowest BCUT2D eigenvalue weighted by Crippen LogP contribution is -2.58. The van der Waals surface area contributed by atoms with Crippen molar-refractivity contribution >= 4 is 53.3 Å². The van der Waals surface area contributed by atoms with Crippen molar-refractivity contribution in [3.8, 4) is 0 Å². The smallest absolute Gasteiger partial charge is 0.326 e. The van der Waals surface area contributed by atoms with E-state index in [0.29, 0.717) is 17.5 Å². The maximum atomic E-state index is 14.0. The van der Waals surface area contributed by atoms with Crippen molar-refractivity contribution < 1.29 is 58.5 Å². The first kappa shape index (κ1) is 46.0. The summed E-state index contributed by atoms with van der Waals surface area (Å²) in [5, 5.41) is 43.0. The van der Waals surface area contributed by atoms with Crippen LogP contribution < -0.4 is 37.6 Å². The summed E-state index contributed by atoms with van der Waals surface area (Å²) < 4.78 is 0. The average Bonchev–Trinajstić information content (AvgIpc) is 3.69. The number of hydrogen-bond acceptors (Lipinski definition) is 11. The number of aliphatic hydroxyl groups is 1. The molecule has 0 spiro atoms. The van der Waals surface area contributed by atoms with Gasteiger partial charge in [-0.1, -0.05) is 60.7 Å². The Hall–Kier alpha value is -6.41. The molecule has 314 valence electrons. The van der Waals surface area contributed by atoms with E-state index in [-0.39, 0.29) is 25.8 Å². The zero-order valence-corrected chi connectivity index (χ0v) is 31.8. The van der Waals surface area contributed by atoms with Gasteiger partial charge in [-0.3, -0.25) is 38.4 Å². The first-order valence-corrected chi connectivity index (χ1v) is 18.5. The fraction of sp³-hybridized carbons (Fsp3) is 0.447. The zero-order chi connectivity index (χ0) is 42.8. The number of carboxylic acid groups (broad SMARTS) is 2. The molecule has 6 atom stereocenters. The van der Waals surface area contributed by atoms with Crippen LogP contribution in [0.3, 0.4) is 0 Å². The number of aliphatic hydroxyl groups excluding tert-OH is 1. The molecule has 1 heterocycles. The molecule has 7 amide bonds. The van der Waals surface area contributed by atoms with E-state index in [1.165, 1.54) is 11.8 Å². The van der Waals surface area contributed by atoms with E-state index in [2.05, 4.69) is 31.9 Å². The molecule has 20 nitrogen and oxygen atoms in total. The van der Waals surface area contributed by atoms with Crippen LogP contribution in [0.2, 0.25) is 0 Å². The second-order valence-corrected chi connectivity index (χ2v) is 13.6. The summed E-state index contributed by atoms with van der Waals surface area (Å²) in [5.74, 6) is -8.22. The van der Waals surface area contributed by atoms with Gasteiger partial charge in [0.05, 0.1) is 25.7 Å². The molecular weight excluding hydrogens is 760 g/mol. The number of benzene rings is 2. The van der Waals surface area contributed by atoms with E-state index in [9.17, 15) is 53.4 Å². The predicted molar refractivity (Wildman–Crippen MR) is 204 cm³/mol. The van der Waals surface area contributed by atoms with Crippen LogP contribution in [0.4, 0.5) is 0 Å². The lowest BCUT2D eigenvalue weighted by molar-refractivity contribution is -0.144. The van der Waals surface area contributed by atoms with Crippen molar-refractivity contribution in [1.29, 1.82) is 0 Å². The molecule has 0 radical (unpaired) electrons. The number of nitrogens with one attached hydrogen (secondary N) is 6. The third-order valence-corrected chi connectivity index (χ3v) is 9.07. The number of aliphatic carboxylic acids is 2.